The van der Waals surface area contributed by atoms with Crippen molar-refractivity contribution in [2.24, 2.45) is 0 Å². The predicted octanol–water partition coefficient (Wildman–Crippen LogP) is 2.42. The van der Waals surface area contributed by atoms with Crippen LogP contribution in [0.4, 0.5) is 0 Å². The molecule has 0 atom stereocenters. The van der Waals surface area contributed by atoms with Crippen LogP contribution in [0.2, 0.25) is 0 Å². The van der Waals surface area contributed by atoms with Crippen molar-refractivity contribution in [3.8, 4) is 0 Å². The van der Waals surface area contributed by atoms with E-state index in [0.717, 1.165) is 0 Å². The van der Waals surface area contributed by atoms with Crippen molar-refractivity contribution in [3.63, 3.8) is 0 Å². The van der Waals surface area contributed by atoms with E-state index in [1.807, 2.05) is 0 Å². The Bertz CT molecular complexity index is 222. The topological polar surface area (TPSA) is 9.72 Å². The second-order valence-electron chi connectivity index (χ2n) is 5.29. The van der Waals surface area contributed by atoms with Gasteiger partial charge in [0.05, 0.1) is 5.70 Å². The highest BCUT2D eigenvalue weighted by molar-refractivity contribution is 5.09. The summed E-state index contributed by atoms with van der Waals surface area (Å²) >= 11 is 0. The molecule has 0 N–H and O–H groups in total. The highest BCUT2D eigenvalue weighted by atomic mass is 15.3. The largest absolute Gasteiger partial charge is 0.367 e. The summed E-state index contributed by atoms with van der Waals surface area (Å²) in [5.74, 6) is 1.27. The molecular formula is C13H29N3. The molecule has 0 aromatic carbocycles. The van der Waals surface area contributed by atoms with Gasteiger partial charge in [0.25, 0.3) is 0 Å². The van der Waals surface area contributed by atoms with Gasteiger partial charge >= 0.3 is 0 Å². The molecule has 0 aromatic rings. The number of hydrogen-bond acceptors (Lipinski definition) is 3. The fourth-order valence-corrected chi connectivity index (χ4v) is 2.53. The fraction of sp³-hybridized carbons (Fsp3) is 0.846. The lowest BCUT2D eigenvalue weighted by Crippen LogP contribution is -2.39. The van der Waals surface area contributed by atoms with Gasteiger partial charge in [-0.2, -0.15) is 0 Å². The second-order valence-corrected chi connectivity index (χ2v) is 5.29. The lowest BCUT2D eigenvalue weighted by atomic mass is 10.2. The molecule has 0 unspecified atom stereocenters. The minimum absolute atomic E-state index is 0.523. The number of nitrogens with zero attached hydrogens (tertiary/aromatic N) is 3. The zero-order chi connectivity index (χ0) is 13.0. The summed E-state index contributed by atoms with van der Waals surface area (Å²) in [6, 6.07) is 1.05. The number of rotatable bonds is 5. The molecule has 96 valence electrons. The predicted molar refractivity (Wildman–Crippen MR) is 72.2 cm³/mol. The van der Waals surface area contributed by atoms with E-state index in [1.165, 1.54) is 11.5 Å². The van der Waals surface area contributed by atoms with E-state index in [-0.39, 0.29) is 0 Å². The van der Waals surface area contributed by atoms with Crippen molar-refractivity contribution in [2.45, 2.75) is 46.7 Å². The first-order chi connectivity index (χ1) is 7.20. The minimum atomic E-state index is 0.523. The molecule has 0 aliphatic heterocycles. The summed E-state index contributed by atoms with van der Waals surface area (Å²) in [6.07, 6.45) is 0. The Morgan fingerprint density at radius 3 is 1.25 bits per heavy atom. The van der Waals surface area contributed by atoms with Crippen LogP contribution in [-0.2, 0) is 0 Å². The molecule has 0 heterocycles. The Hall–Kier alpha value is -0.860. The highest BCUT2D eigenvalue weighted by Gasteiger charge is 2.19. The Morgan fingerprint density at radius 1 is 0.750 bits per heavy atom. The van der Waals surface area contributed by atoms with Crippen LogP contribution in [0.1, 0.15) is 34.6 Å². The maximum atomic E-state index is 2.45. The van der Waals surface area contributed by atoms with Gasteiger partial charge in [0.15, 0.2) is 0 Å². The molecule has 0 bridgehead atoms. The normalized spacial score (nSPS) is 10.7. The molecule has 0 aliphatic carbocycles. The van der Waals surface area contributed by atoms with Crippen LogP contribution in [0, 0.1) is 0 Å². The molecule has 0 aliphatic rings. The SMILES string of the molecule is CC(=C(N(C)C)N(C)C)N(C(C)C)C(C)C. The van der Waals surface area contributed by atoms with Crippen LogP contribution in [0.25, 0.3) is 0 Å². The molecular weight excluding hydrogens is 198 g/mol. The summed E-state index contributed by atoms with van der Waals surface area (Å²) in [4.78, 5) is 6.80. The van der Waals surface area contributed by atoms with Gasteiger partial charge < -0.3 is 14.7 Å². The van der Waals surface area contributed by atoms with Crippen molar-refractivity contribution < 1.29 is 0 Å². The first kappa shape index (κ1) is 15.1. The standard InChI is InChI=1S/C13H29N3/c1-10(2)16(11(3)4)12(5)13(14(6)7)15(8)9/h10-11H,1-9H3. The van der Waals surface area contributed by atoms with Crippen LogP contribution in [0.15, 0.2) is 11.5 Å². The number of hydrogen-bond donors (Lipinski definition) is 0. The van der Waals surface area contributed by atoms with Crippen LogP contribution in [0.3, 0.4) is 0 Å². The summed E-state index contributed by atoms with van der Waals surface area (Å²) in [6.45, 7) is 11.2. The lowest BCUT2D eigenvalue weighted by molar-refractivity contribution is 0.206. The molecule has 0 aromatic heterocycles. The first-order valence-electron chi connectivity index (χ1n) is 6.04. The molecule has 16 heavy (non-hydrogen) atoms. The molecule has 0 amide bonds. The third-order valence-corrected chi connectivity index (χ3v) is 2.67. The monoisotopic (exact) mass is 227 g/mol. The smallest absolute Gasteiger partial charge is 0.122 e. The van der Waals surface area contributed by atoms with Gasteiger partial charge in [-0.1, -0.05) is 0 Å². The summed E-state index contributed by atoms with van der Waals surface area (Å²) < 4.78 is 0. The van der Waals surface area contributed by atoms with Crippen molar-refractivity contribution in [2.75, 3.05) is 28.2 Å². The van der Waals surface area contributed by atoms with E-state index in [2.05, 4.69) is 77.5 Å². The Balaban J connectivity index is 5.34. The molecule has 0 spiro atoms. The molecule has 0 fully saturated rings. The summed E-state index contributed by atoms with van der Waals surface area (Å²) in [7, 11) is 8.38. The van der Waals surface area contributed by atoms with Gasteiger partial charge in [-0.15, -0.1) is 0 Å². The summed E-state index contributed by atoms with van der Waals surface area (Å²) in [5.41, 5.74) is 1.33. The maximum absolute atomic E-state index is 2.45. The Morgan fingerprint density at radius 2 is 1.06 bits per heavy atom. The van der Waals surface area contributed by atoms with Crippen molar-refractivity contribution >= 4 is 0 Å². The molecule has 0 radical (unpaired) electrons. The molecule has 0 saturated carbocycles. The van der Waals surface area contributed by atoms with Crippen molar-refractivity contribution in [1.29, 1.82) is 0 Å². The third kappa shape index (κ3) is 3.62. The van der Waals surface area contributed by atoms with Gasteiger partial charge in [-0.3, -0.25) is 0 Å². The van der Waals surface area contributed by atoms with Crippen molar-refractivity contribution in [1.82, 2.24) is 14.7 Å². The van der Waals surface area contributed by atoms with Gasteiger partial charge in [-0.25, -0.2) is 0 Å². The fourth-order valence-electron chi connectivity index (χ4n) is 2.53. The Labute approximate surface area is 102 Å². The number of allylic oxidation sites excluding steroid dienone is 1. The van der Waals surface area contributed by atoms with E-state index in [9.17, 15) is 0 Å². The van der Waals surface area contributed by atoms with Gasteiger partial charge in [0.2, 0.25) is 0 Å². The average Bonchev–Trinajstić information content (AvgIpc) is 1.99. The zero-order valence-electron chi connectivity index (χ0n) is 12.5. The second kappa shape index (κ2) is 6.02. The van der Waals surface area contributed by atoms with Gasteiger partial charge in [0, 0.05) is 40.3 Å². The minimum Gasteiger partial charge on any atom is -0.367 e. The van der Waals surface area contributed by atoms with E-state index in [0.29, 0.717) is 12.1 Å². The van der Waals surface area contributed by atoms with Crippen LogP contribution >= 0.6 is 0 Å². The van der Waals surface area contributed by atoms with Crippen molar-refractivity contribution in [3.05, 3.63) is 11.5 Å². The lowest BCUT2D eigenvalue weighted by Gasteiger charge is -2.38. The van der Waals surface area contributed by atoms with Gasteiger partial charge in [0.1, 0.15) is 5.82 Å². The van der Waals surface area contributed by atoms with Crippen LogP contribution < -0.4 is 0 Å². The average molecular weight is 227 g/mol. The zero-order valence-corrected chi connectivity index (χ0v) is 12.5. The van der Waals surface area contributed by atoms with E-state index in [4.69, 9.17) is 0 Å². The van der Waals surface area contributed by atoms with Crippen LogP contribution in [0.5, 0.6) is 0 Å². The summed E-state index contributed by atoms with van der Waals surface area (Å²) in [5, 5.41) is 0. The molecule has 3 nitrogen and oxygen atoms in total. The Kier molecular flexibility index (Phi) is 5.70. The molecule has 0 rings (SSSR count). The maximum Gasteiger partial charge on any atom is 0.122 e. The first-order valence-corrected chi connectivity index (χ1v) is 6.04. The molecule has 3 heteroatoms. The van der Waals surface area contributed by atoms with Gasteiger partial charge in [-0.05, 0) is 34.6 Å². The van der Waals surface area contributed by atoms with E-state index in [1.54, 1.807) is 0 Å². The molecule has 0 saturated heterocycles. The highest BCUT2D eigenvalue weighted by Crippen LogP contribution is 2.19. The van der Waals surface area contributed by atoms with Crippen LogP contribution in [-0.4, -0.2) is 55.0 Å². The third-order valence-electron chi connectivity index (χ3n) is 2.67. The quantitative estimate of drug-likeness (QED) is 0.714. The van der Waals surface area contributed by atoms with E-state index >= 15 is 0 Å². The van der Waals surface area contributed by atoms with E-state index < -0.39 is 0 Å².